The number of nitrogens with two attached hydrogens (primary N) is 1. The van der Waals surface area contributed by atoms with Gasteiger partial charge < -0.3 is 15.7 Å². The van der Waals surface area contributed by atoms with Crippen LogP contribution in [0.1, 0.15) is 23.2 Å². The Labute approximate surface area is 105 Å². The van der Waals surface area contributed by atoms with Crippen LogP contribution < -0.4 is 5.73 Å². The Morgan fingerprint density at radius 1 is 1.56 bits per heavy atom. The van der Waals surface area contributed by atoms with Gasteiger partial charge in [-0.25, -0.2) is 4.39 Å². The summed E-state index contributed by atoms with van der Waals surface area (Å²) in [6, 6.07) is 3.46. The van der Waals surface area contributed by atoms with Gasteiger partial charge in [-0.1, -0.05) is 0 Å². The first-order valence-corrected chi connectivity index (χ1v) is 6.09. The Morgan fingerprint density at radius 2 is 2.33 bits per heavy atom. The summed E-state index contributed by atoms with van der Waals surface area (Å²) in [7, 11) is 0. The minimum atomic E-state index is -0.550. The van der Waals surface area contributed by atoms with Gasteiger partial charge in [0.25, 0.3) is 5.91 Å². The second-order valence-electron chi connectivity index (χ2n) is 4.64. The molecule has 1 aromatic carbocycles. The van der Waals surface area contributed by atoms with Crippen LogP contribution in [0, 0.1) is 11.7 Å². The van der Waals surface area contributed by atoms with Crippen LogP contribution in [0.5, 0.6) is 5.75 Å². The molecule has 1 aliphatic heterocycles. The largest absolute Gasteiger partial charge is 0.507 e. The monoisotopic (exact) mass is 252 g/mol. The molecule has 0 aliphatic carbocycles. The van der Waals surface area contributed by atoms with Crippen LogP contribution in [0.4, 0.5) is 4.39 Å². The molecule has 1 aliphatic rings. The number of amides is 1. The molecule has 18 heavy (non-hydrogen) atoms. The van der Waals surface area contributed by atoms with E-state index in [1.807, 2.05) is 0 Å². The second kappa shape index (κ2) is 5.35. The van der Waals surface area contributed by atoms with Gasteiger partial charge in [-0.05, 0) is 37.4 Å². The van der Waals surface area contributed by atoms with Crippen LogP contribution in [0.3, 0.4) is 0 Å². The van der Waals surface area contributed by atoms with E-state index < -0.39 is 5.82 Å². The topological polar surface area (TPSA) is 66.6 Å². The number of phenols is 1. The minimum absolute atomic E-state index is 0.157. The highest BCUT2D eigenvalue weighted by Gasteiger charge is 2.27. The molecule has 1 fully saturated rings. The summed E-state index contributed by atoms with van der Waals surface area (Å²) < 4.78 is 12.9. The van der Waals surface area contributed by atoms with E-state index in [1.165, 1.54) is 12.1 Å². The van der Waals surface area contributed by atoms with Gasteiger partial charge in [0, 0.05) is 19.2 Å². The van der Waals surface area contributed by atoms with E-state index in [-0.39, 0.29) is 17.2 Å². The van der Waals surface area contributed by atoms with Crippen molar-refractivity contribution in [3.05, 3.63) is 29.6 Å². The van der Waals surface area contributed by atoms with Crippen molar-refractivity contribution >= 4 is 5.91 Å². The lowest BCUT2D eigenvalue weighted by atomic mass is 10.1. The lowest BCUT2D eigenvalue weighted by molar-refractivity contribution is 0.0783. The molecule has 4 nitrogen and oxygen atoms in total. The van der Waals surface area contributed by atoms with Crippen LogP contribution >= 0.6 is 0 Å². The maximum Gasteiger partial charge on any atom is 0.257 e. The van der Waals surface area contributed by atoms with E-state index >= 15 is 0 Å². The SMILES string of the molecule is NCCC1CCN(C(=O)c2ccc(F)cc2O)C1. The van der Waals surface area contributed by atoms with Gasteiger partial charge >= 0.3 is 0 Å². The Morgan fingerprint density at radius 3 is 3.00 bits per heavy atom. The third-order valence-corrected chi connectivity index (χ3v) is 3.34. The van der Waals surface area contributed by atoms with Crippen LogP contribution in [-0.2, 0) is 0 Å². The van der Waals surface area contributed by atoms with Crippen molar-refractivity contribution < 1.29 is 14.3 Å². The fraction of sp³-hybridized carbons (Fsp3) is 0.462. The van der Waals surface area contributed by atoms with E-state index in [2.05, 4.69) is 0 Å². The molecule has 98 valence electrons. The summed E-state index contributed by atoms with van der Waals surface area (Å²) in [5.74, 6) is -0.665. The summed E-state index contributed by atoms with van der Waals surface area (Å²) in [4.78, 5) is 13.8. The normalized spacial score (nSPS) is 19.2. The number of likely N-dealkylation sites (tertiary alicyclic amines) is 1. The van der Waals surface area contributed by atoms with E-state index in [0.29, 0.717) is 25.6 Å². The van der Waals surface area contributed by atoms with Gasteiger partial charge in [0.2, 0.25) is 0 Å². The maximum atomic E-state index is 12.9. The summed E-state index contributed by atoms with van der Waals surface area (Å²) in [6.07, 6.45) is 1.84. The van der Waals surface area contributed by atoms with E-state index in [0.717, 1.165) is 18.9 Å². The summed E-state index contributed by atoms with van der Waals surface area (Å²) in [6.45, 7) is 1.95. The third kappa shape index (κ3) is 2.61. The highest BCUT2D eigenvalue weighted by molar-refractivity contribution is 5.96. The maximum absolute atomic E-state index is 12.9. The minimum Gasteiger partial charge on any atom is -0.507 e. The molecule has 1 atom stereocenters. The first kappa shape index (κ1) is 12.8. The third-order valence-electron chi connectivity index (χ3n) is 3.34. The molecule has 1 aromatic rings. The number of carbonyl (C=O) groups excluding carboxylic acids is 1. The van der Waals surface area contributed by atoms with Gasteiger partial charge in [-0.3, -0.25) is 4.79 Å². The van der Waals surface area contributed by atoms with Crippen LogP contribution in [0.25, 0.3) is 0 Å². The standard InChI is InChI=1S/C13H17FN2O2/c14-10-1-2-11(12(17)7-10)13(18)16-6-4-9(8-16)3-5-15/h1-2,7,9,17H,3-6,8,15H2. The zero-order chi connectivity index (χ0) is 13.1. The van der Waals surface area contributed by atoms with Crippen LogP contribution in [-0.4, -0.2) is 35.5 Å². The smallest absolute Gasteiger partial charge is 0.257 e. The van der Waals surface area contributed by atoms with E-state index in [9.17, 15) is 14.3 Å². The van der Waals surface area contributed by atoms with Gasteiger partial charge in [-0.15, -0.1) is 0 Å². The first-order chi connectivity index (χ1) is 8.61. The number of benzene rings is 1. The fourth-order valence-corrected chi connectivity index (χ4v) is 2.34. The number of halogens is 1. The van der Waals surface area contributed by atoms with Gasteiger partial charge in [0.15, 0.2) is 0 Å². The molecule has 1 amide bonds. The van der Waals surface area contributed by atoms with Crippen molar-refractivity contribution in [3.63, 3.8) is 0 Å². The van der Waals surface area contributed by atoms with Crippen molar-refractivity contribution in [1.29, 1.82) is 0 Å². The first-order valence-electron chi connectivity index (χ1n) is 6.09. The Hall–Kier alpha value is -1.62. The lowest BCUT2D eigenvalue weighted by Crippen LogP contribution is -2.29. The fourth-order valence-electron chi connectivity index (χ4n) is 2.34. The van der Waals surface area contributed by atoms with Crippen molar-refractivity contribution in [3.8, 4) is 5.75 Å². The highest BCUT2D eigenvalue weighted by Crippen LogP contribution is 2.25. The number of nitrogens with zero attached hydrogens (tertiary/aromatic N) is 1. The van der Waals surface area contributed by atoms with E-state index in [1.54, 1.807) is 4.90 Å². The van der Waals surface area contributed by atoms with Crippen LogP contribution in [0.2, 0.25) is 0 Å². The highest BCUT2D eigenvalue weighted by atomic mass is 19.1. The summed E-state index contributed by atoms with van der Waals surface area (Å²) in [5, 5.41) is 9.58. The van der Waals surface area contributed by atoms with Crippen molar-refractivity contribution in [2.24, 2.45) is 11.7 Å². The molecule has 3 N–H and O–H groups in total. The number of aromatic hydroxyl groups is 1. The predicted molar refractivity (Wildman–Crippen MR) is 65.7 cm³/mol. The molecule has 0 aromatic heterocycles. The number of rotatable bonds is 3. The molecule has 0 spiro atoms. The summed E-state index contributed by atoms with van der Waals surface area (Å²) >= 11 is 0. The van der Waals surface area contributed by atoms with Crippen LogP contribution in [0.15, 0.2) is 18.2 Å². The quantitative estimate of drug-likeness (QED) is 0.853. The molecule has 1 saturated heterocycles. The second-order valence-corrected chi connectivity index (χ2v) is 4.64. The van der Waals surface area contributed by atoms with Crippen molar-refractivity contribution in [2.75, 3.05) is 19.6 Å². The number of phenolic OH excluding ortho intramolecular Hbond substituents is 1. The molecule has 5 heteroatoms. The molecule has 0 bridgehead atoms. The molecule has 1 unspecified atom stereocenters. The van der Waals surface area contributed by atoms with Gasteiger partial charge in [0.1, 0.15) is 11.6 Å². The number of hydrogen-bond acceptors (Lipinski definition) is 3. The zero-order valence-electron chi connectivity index (χ0n) is 10.1. The van der Waals surface area contributed by atoms with Crippen molar-refractivity contribution in [1.82, 2.24) is 4.90 Å². The Balaban J connectivity index is 2.08. The Kier molecular flexibility index (Phi) is 3.81. The van der Waals surface area contributed by atoms with Crippen molar-refractivity contribution in [2.45, 2.75) is 12.8 Å². The molecule has 1 heterocycles. The molecule has 0 saturated carbocycles. The Bertz CT molecular complexity index is 451. The number of hydrogen-bond donors (Lipinski definition) is 2. The number of carbonyl (C=O) groups is 1. The lowest BCUT2D eigenvalue weighted by Gasteiger charge is -2.17. The van der Waals surface area contributed by atoms with Gasteiger partial charge in [0.05, 0.1) is 5.56 Å². The predicted octanol–water partition coefficient (Wildman–Crippen LogP) is 1.34. The van der Waals surface area contributed by atoms with Gasteiger partial charge in [-0.2, -0.15) is 0 Å². The molecule has 0 radical (unpaired) electrons. The zero-order valence-corrected chi connectivity index (χ0v) is 10.1. The molecular weight excluding hydrogens is 235 g/mol. The molecular formula is C13H17FN2O2. The van der Waals surface area contributed by atoms with E-state index in [4.69, 9.17) is 5.73 Å². The average Bonchev–Trinajstić information content (AvgIpc) is 2.77. The average molecular weight is 252 g/mol. The molecule has 2 rings (SSSR count). The summed E-state index contributed by atoms with van der Waals surface area (Å²) in [5.41, 5.74) is 5.65.